The Morgan fingerprint density at radius 3 is 2.33 bits per heavy atom. The van der Waals surface area contributed by atoms with E-state index in [-0.39, 0.29) is 39.2 Å². The number of pyridine rings is 1. The topological polar surface area (TPSA) is 114 Å². The fourth-order valence-corrected chi connectivity index (χ4v) is 7.70. The molecule has 1 N–H and O–H groups in total. The van der Waals surface area contributed by atoms with Crippen LogP contribution in [0, 0.1) is 5.92 Å². The molecule has 3 aromatic carbocycles. The Morgan fingerprint density at radius 1 is 0.857 bits per heavy atom. The number of anilines is 2. The van der Waals surface area contributed by atoms with E-state index in [0.717, 1.165) is 75.8 Å². The van der Waals surface area contributed by atoms with Crippen LogP contribution in [0.5, 0.6) is 23.1 Å². The molecule has 7 rings (SSSR count). The number of rotatable bonds is 9. The van der Waals surface area contributed by atoms with Crippen molar-refractivity contribution in [1.82, 2.24) is 14.8 Å². The van der Waals surface area contributed by atoms with Gasteiger partial charge >= 0.3 is 0 Å². The lowest BCUT2D eigenvalue weighted by Gasteiger charge is -2.39. The van der Waals surface area contributed by atoms with Gasteiger partial charge in [0.15, 0.2) is 11.5 Å². The fraction of sp³-hybridized carbons (Fsp3) is 0.314. The summed E-state index contributed by atoms with van der Waals surface area (Å²) in [4.78, 5) is 24.3. The van der Waals surface area contributed by atoms with E-state index in [4.69, 9.17) is 37.4 Å². The maximum atomic E-state index is 13.4. The van der Waals surface area contributed by atoms with Crippen molar-refractivity contribution in [3.63, 3.8) is 0 Å². The average Bonchev–Trinajstić information content (AvgIpc) is 3.59. The summed E-state index contributed by atoms with van der Waals surface area (Å²) in [6.45, 7) is 5.92. The Labute approximate surface area is 295 Å². The molecule has 49 heavy (non-hydrogen) atoms. The number of hydrogen-bond donors (Lipinski definition) is 1. The molecule has 2 saturated heterocycles. The van der Waals surface area contributed by atoms with Crippen molar-refractivity contribution < 1.29 is 27.4 Å². The number of carbonyl (C=O) groups excluding carboxylic acids is 1. The SMILES string of the molecule is O=C(C1CCN(c2ccc(Oc3ccc(NS(=O)(=O)c4ccc(Cl)c(Cl)c4)cn3)cc2)CC1)N1CCN(Cc2ccc3c(c2)OCO3)CC1. The van der Waals surface area contributed by atoms with Gasteiger partial charge in [-0.05, 0) is 79.1 Å². The van der Waals surface area contributed by atoms with Crippen molar-refractivity contribution in [2.75, 3.05) is 55.7 Å². The summed E-state index contributed by atoms with van der Waals surface area (Å²) >= 11 is 11.9. The number of ether oxygens (including phenoxy) is 3. The number of carbonyl (C=O) groups is 1. The number of piperidine rings is 1. The number of fused-ring (bicyclic) bond motifs is 1. The molecule has 0 radical (unpaired) electrons. The standard InChI is InChI=1S/C35H35Cl2N5O6S/c36-30-8-7-29(20-31(30)37)49(44,45)39-26-2-10-34(38-21-26)48-28-5-3-27(4-6-28)41-13-11-25(12-14-41)35(43)42-17-15-40(16-18-42)22-24-1-9-32-33(19-24)47-23-46-32/h1-10,19-21,25,39H,11-18,22-23H2. The van der Waals surface area contributed by atoms with Gasteiger partial charge in [0, 0.05) is 63.5 Å². The minimum atomic E-state index is -3.88. The molecule has 256 valence electrons. The highest BCUT2D eigenvalue weighted by Crippen LogP contribution is 2.33. The first-order chi connectivity index (χ1) is 23.7. The van der Waals surface area contributed by atoms with Crippen LogP contribution in [0.2, 0.25) is 10.0 Å². The number of halogens is 2. The highest BCUT2D eigenvalue weighted by atomic mass is 35.5. The van der Waals surface area contributed by atoms with Gasteiger partial charge in [0.05, 0.1) is 26.8 Å². The number of piperazine rings is 1. The van der Waals surface area contributed by atoms with Gasteiger partial charge in [-0.2, -0.15) is 0 Å². The highest BCUT2D eigenvalue weighted by Gasteiger charge is 2.31. The van der Waals surface area contributed by atoms with E-state index in [2.05, 4.69) is 25.6 Å². The van der Waals surface area contributed by atoms with Crippen molar-refractivity contribution in [3.05, 3.63) is 94.6 Å². The van der Waals surface area contributed by atoms with Gasteiger partial charge in [-0.3, -0.25) is 14.4 Å². The molecular formula is C35H35Cl2N5O6S. The predicted molar refractivity (Wildman–Crippen MR) is 187 cm³/mol. The van der Waals surface area contributed by atoms with Gasteiger partial charge in [-0.15, -0.1) is 0 Å². The molecule has 0 atom stereocenters. The molecule has 0 aliphatic carbocycles. The number of aromatic nitrogens is 1. The largest absolute Gasteiger partial charge is 0.454 e. The maximum absolute atomic E-state index is 13.4. The number of hydrogen-bond acceptors (Lipinski definition) is 9. The van der Waals surface area contributed by atoms with Crippen LogP contribution in [0.4, 0.5) is 11.4 Å². The van der Waals surface area contributed by atoms with Crippen LogP contribution in [0.1, 0.15) is 18.4 Å². The lowest BCUT2D eigenvalue weighted by molar-refractivity contribution is -0.138. The highest BCUT2D eigenvalue weighted by molar-refractivity contribution is 7.92. The summed E-state index contributed by atoms with van der Waals surface area (Å²) in [5, 5.41) is 0.414. The van der Waals surface area contributed by atoms with Crippen LogP contribution >= 0.6 is 23.2 Å². The molecule has 0 bridgehead atoms. The Bertz CT molecular complexity index is 1910. The molecular weight excluding hydrogens is 689 g/mol. The molecule has 0 spiro atoms. The molecule has 14 heteroatoms. The third-order valence-corrected chi connectivity index (χ3v) is 11.1. The molecule has 1 amide bonds. The van der Waals surface area contributed by atoms with Gasteiger partial charge in [-0.1, -0.05) is 29.3 Å². The zero-order chi connectivity index (χ0) is 34.0. The van der Waals surface area contributed by atoms with Gasteiger partial charge in [0.25, 0.3) is 10.0 Å². The number of nitrogens with zero attached hydrogens (tertiary/aromatic N) is 4. The van der Waals surface area contributed by atoms with Crippen molar-refractivity contribution in [2.24, 2.45) is 5.92 Å². The van der Waals surface area contributed by atoms with E-state index < -0.39 is 10.0 Å². The summed E-state index contributed by atoms with van der Waals surface area (Å²) in [6, 6.07) is 21.1. The second kappa shape index (κ2) is 14.3. The quantitative estimate of drug-likeness (QED) is 0.214. The number of nitrogens with one attached hydrogen (secondary N) is 1. The van der Waals surface area contributed by atoms with Crippen LogP contribution < -0.4 is 23.8 Å². The van der Waals surface area contributed by atoms with E-state index in [9.17, 15) is 13.2 Å². The lowest BCUT2D eigenvalue weighted by Crippen LogP contribution is -2.51. The summed E-state index contributed by atoms with van der Waals surface area (Å²) in [6.07, 6.45) is 3.02. The Balaban J connectivity index is 0.855. The molecule has 2 fully saturated rings. The Hall–Kier alpha value is -4.23. The van der Waals surface area contributed by atoms with E-state index in [1.165, 1.54) is 30.0 Å². The van der Waals surface area contributed by atoms with Crippen LogP contribution in [0.15, 0.2) is 83.9 Å². The molecule has 1 aromatic heterocycles. The minimum Gasteiger partial charge on any atom is -0.454 e. The first-order valence-corrected chi connectivity index (χ1v) is 18.3. The molecule has 4 aromatic rings. The second-order valence-electron chi connectivity index (χ2n) is 12.2. The van der Waals surface area contributed by atoms with Crippen LogP contribution in [0.3, 0.4) is 0 Å². The predicted octanol–water partition coefficient (Wildman–Crippen LogP) is 6.27. The maximum Gasteiger partial charge on any atom is 0.261 e. The van der Waals surface area contributed by atoms with Crippen molar-refractivity contribution in [2.45, 2.75) is 24.3 Å². The third kappa shape index (κ3) is 7.83. The van der Waals surface area contributed by atoms with Crippen molar-refractivity contribution >= 4 is 50.5 Å². The summed E-state index contributed by atoms with van der Waals surface area (Å²) in [5.74, 6) is 2.83. The first-order valence-electron chi connectivity index (χ1n) is 16.1. The van der Waals surface area contributed by atoms with E-state index >= 15 is 0 Å². The van der Waals surface area contributed by atoms with Crippen molar-refractivity contribution in [1.29, 1.82) is 0 Å². The van der Waals surface area contributed by atoms with E-state index in [1.54, 1.807) is 12.1 Å². The average molecular weight is 725 g/mol. The zero-order valence-electron chi connectivity index (χ0n) is 26.6. The normalized spacial score (nSPS) is 16.9. The third-order valence-electron chi connectivity index (χ3n) is 8.99. The van der Waals surface area contributed by atoms with Gasteiger partial charge in [-0.25, -0.2) is 13.4 Å². The summed E-state index contributed by atoms with van der Waals surface area (Å²) < 4.78 is 44.7. The second-order valence-corrected chi connectivity index (χ2v) is 14.7. The van der Waals surface area contributed by atoms with E-state index in [0.29, 0.717) is 11.6 Å². The summed E-state index contributed by atoms with van der Waals surface area (Å²) in [5.41, 5.74) is 2.53. The number of sulfonamides is 1. The monoisotopic (exact) mass is 723 g/mol. The molecule has 3 aliphatic heterocycles. The Morgan fingerprint density at radius 2 is 1.61 bits per heavy atom. The fourth-order valence-electron chi connectivity index (χ4n) is 6.27. The smallest absolute Gasteiger partial charge is 0.261 e. The lowest BCUT2D eigenvalue weighted by atomic mass is 9.94. The van der Waals surface area contributed by atoms with E-state index in [1.807, 2.05) is 41.3 Å². The first kappa shape index (κ1) is 33.3. The zero-order valence-corrected chi connectivity index (χ0v) is 28.9. The van der Waals surface area contributed by atoms with Gasteiger partial charge in [0.2, 0.25) is 18.6 Å². The molecule has 0 saturated carbocycles. The number of benzene rings is 3. The molecule has 0 unspecified atom stereocenters. The molecule has 3 aliphatic rings. The number of amides is 1. The van der Waals surface area contributed by atoms with Crippen molar-refractivity contribution in [3.8, 4) is 23.1 Å². The van der Waals surface area contributed by atoms with Gasteiger partial charge < -0.3 is 24.0 Å². The molecule has 11 nitrogen and oxygen atoms in total. The van der Waals surface area contributed by atoms with Crippen LogP contribution in [-0.2, 0) is 21.4 Å². The van der Waals surface area contributed by atoms with Gasteiger partial charge in [0.1, 0.15) is 5.75 Å². The van der Waals surface area contributed by atoms with Crippen LogP contribution in [-0.4, -0.2) is 75.2 Å². The van der Waals surface area contributed by atoms with Crippen LogP contribution in [0.25, 0.3) is 0 Å². The summed E-state index contributed by atoms with van der Waals surface area (Å²) in [7, 11) is -3.88. The molecule has 4 heterocycles. The minimum absolute atomic E-state index is 0.0120. The Kier molecular flexibility index (Phi) is 9.73.